The third-order valence-corrected chi connectivity index (χ3v) is 6.78. The van der Waals surface area contributed by atoms with Crippen molar-refractivity contribution < 1.29 is 26.0 Å². The predicted octanol–water partition coefficient (Wildman–Crippen LogP) is 4.31. The number of rotatable bonds is 4. The quantitative estimate of drug-likeness (QED) is 0.474. The number of benzene rings is 2. The third-order valence-electron chi connectivity index (χ3n) is 5.08. The van der Waals surface area contributed by atoms with E-state index in [4.69, 9.17) is 0 Å². The van der Waals surface area contributed by atoms with Crippen molar-refractivity contribution in [3.63, 3.8) is 0 Å². The fraction of sp³-hybridized carbons (Fsp3) is 0.316. The Balaban J connectivity index is 1.82. The minimum absolute atomic E-state index is 0.138. The Morgan fingerprint density at radius 3 is 2.46 bits per heavy atom. The van der Waals surface area contributed by atoms with E-state index in [9.17, 15) is 26.0 Å². The number of nitrogens with zero attached hydrogens (tertiary/aromatic N) is 2. The number of halogens is 4. The molecule has 1 heterocycles. The molecule has 148 valence electrons. The number of sulfone groups is 1. The van der Waals surface area contributed by atoms with Crippen LogP contribution < -0.4 is 0 Å². The van der Waals surface area contributed by atoms with Crippen molar-refractivity contribution in [2.24, 2.45) is 5.92 Å². The summed E-state index contributed by atoms with van der Waals surface area (Å²) in [4.78, 5) is -0.138. The second-order valence-corrected chi connectivity index (χ2v) is 8.91. The molecule has 4 nitrogen and oxygen atoms in total. The minimum atomic E-state index is -4.08. The summed E-state index contributed by atoms with van der Waals surface area (Å²) in [6, 6.07) is 9.28. The van der Waals surface area contributed by atoms with Crippen LogP contribution in [0.25, 0.3) is 10.9 Å². The van der Waals surface area contributed by atoms with Gasteiger partial charge in [-0.15, -0.1) is 0 Å². The van der Waals surface area contributed by atoms with Gasteiger partial charge in [0.25, 0.3) is 5.92 Å². The van der Waals surface area contributed by atoms with Crippen molar-refractivity contribution in [1.29, 1.82) is 0 Å². The normalized spacial score (nSPS) is 21.6. The van der Waals surface area contributed by atoms with E-state index in [0.29, 0.717) is 16.5 Å². The molecule has 2 atom stereocenters. The van der Waals surface area contributed by atoms with Gasteiger partial charge in [0.2, 0.25) is 9.84 Å². The molecule has 3 aromatic rings. The Bertz CT molecular complexity index is 1160. The van der Waals surface area contributed by atoms with E-state index in [0.717, 1.165) is 24.3 Å². The number of fused-ring (bicyclic) bond motifs is 1. The number of para-hydroxylation sites is 1. The smallest absolute Gasteiger partial charge is 0.263 e. The molecule has 1 aliphatic rings. The van der Waals surface area contributed by atoms with Gasteiger partial charge < -0.3 is 0 Å². The van der Waals surface area contributed by atoms with E-state index in [-0.39, 0.29) is 16.5 Å². The maximum absolute atomic E-state index is 13.7. The Hall–Kier alpha value is -2.42. The molecule has 0 spiro atoms. The summed E-state index contributed by atoms with van der Waals surface area (Å²) in [6.45, 7) is 1.58. The van der Waals surface area contributed by atoms with Gasteiger partial charge in [0.1, 0.15) is 5.82 Å². The summed E-state index contributed by atoms with van der Waals surface area (Å²) < 4.78 is 80.6. The summed E-state index contributed by atoms with van der Waals surface area (Å²) in [5.74, 6) is -4.88. The fourth-order valence-electron chi connectivity index (χ4n) is 3.57. The van der Waals surface area contributed by atoms with Gasteiger partial charge in [-0.1, -0.05) is 12.1 Å². The standard InChI is InChI=1S/C19H16F4N2O2S/c1-11-3-2-4-15-16(11)25(10-12-9-19(22,23)17(12)21)24-18(15)28(26,27)14-7-5-13(20)6-8-14/h2-8,12,17H,9-10H2,1H3. The van der Waals surface area contributed by atoms with Crippen LogP contribution in [0.1, 0.15) is 12.0 Å². The SMILES string of the molecule is Cc1cccc2c(S(=O)(=O)c3ccc(F)cc3)nn(CC3CC(F)(F)C3F)c12. The second-order valence-electron chi connectivity index (χ2n) is 7.04. The topological polar surface area (TPSA) is 52.0 Å². The van der Waals surface area contributed by atoms with Gasteiger partial charge in [-0.05, 0) is 42.8 Å². The first-order valence-corrected chi connectivity index (χ1v) is 10.1. The first kappa shape index (κ1) is 18.9. The molecule has 0 N–H and O–H groups in total. The van der Waals surface area contributed by atoms with Gasteiger partial charge in [-0.25, -0.2) is 26.0 Å². The van der Waals surface area contributed by atoms with Crippen LogP contribution in [0.5, 0.6) is 0 Å². The molecule has 0 amide bonds. The molecular weight excluding hydrogens is 396 g/mol. The summed E-state index contributed by atoms with van der Waals surface area (Å²) >= 11 is 0. The largest absolute Gasteiger partial charge is 0.279 e. The van der Waals surface area contributed by atoms with Crippen LogP contribution in [-0.2, 0) is 16.4 Å². The highest BCUT2D eigenvalue weighted by Crippen LogP contribution is 2.46. The Kier molecular flexibility index (Phi) is 4.26. The van der Waals surface area contributed by atoms with Gasteiger partial charge >= 0.3 is 0 Å². The van der Waals surface area contributed by atoms with Crippen LogP contribution >= 0.6 is 0 Å². The number of alkyl halides is 3. The van der Waals surface area contributed by atoms with E-state index >= 15 is 0 Å². The summed E-state index contributed by atoms with van der Waals surface area (Å²) in [5.41, 5.74) is 1.14. The van der Waals surface area contributed by atoms with Crippen LogP contribution in [0.3, 0.4) is 0 Å². The van der Waals surface area contributed by atoms with Crippen molar-refractivity contribution in [2.75, 3.05) is 0 Å². The van der Waals surface area contributed by atoms with Crippen molar-refractivity contribution in [2.45, 2.75) is 41.9 Å². The molecule has 2 unspecified atom stereocenters. The van der Waals surface area contributed by atoms with Crippen LogP contribution in [0, 0.1) is 18.7 Å². The Morgan fingerprint density at radius 2 is 1.86 bits per heavy atom. The number of aromatic nitrogens is 2. The van der Waals surface area contributed by atoms with Crippen molar-refractivity contribution in [1.82, 2.24) is 9.78 Å². The first-order valence-electron chi connectivity index (χ1n) is 8.60. The molecule has 9 heteroatoms. The molecular formula is C19H16F4N2O2S. The van der Waals surface area contributed by atoms with Gasteiger partial charge in [-0.3, -0.25) is 4.68 Å². The predicted molar refractivity (Wildman–Crippen MR) is 94.3 cm³/mol. The monoisotopic (exact) mass is 412 g/mol. The zero-order chi connectivity index (χ0) is 20.3. The molecule has 0 saturated heterocycles. The molecule has 2 aromatic carbocycles. The highest BCUT2D eigenvalue weighted by Gasteiger charge is 2.57. The van der Waals surface area contributed by atoms with Crippen LogP contribution in [-0.4, -0.2) is 30.3 Å². The lowest BCUT2D eigenvalue weighted by molar-refractivity contribution is -0.185. The number of hydrogen-bond donors (Lipinski definition) is 0. The second kappa shape index (κ2) is 6.30. The van der Waals surface area contributed by atoms with Crippen LogP contribution in [0.2, 0.25) is 0 Å². The zero-order valence-corrected chi connectivity index (χ0v) is 15.6. The van der Waals surface area contributed by atoms with Gasteiger partial charge in [0.15, 0.2) is 11.2 Å². The average Bonchev–Trinajstić information content (AvgIpc) is 3.02. The molecule has 1 fully saturated rings. The van der Waals surface area contributed by atoms with E-state index in [1.807, 2.05) is 0 Å². The lowest BCUT2D eigenvalue weighted by Crippen LogP contribution is -2.51. The minimum Gasteiger partial charge on any atom is -0.263 e. The molecule has 1 aliphatic carbocycles. The number of hydrogen-bond acceptors (Lipinski definition) is 3. The van der Waals surface area contributed by atoms with Crippen LogP contribution in [0.15, 0.2) is 52.4 Å². The maximum Gasteiger partial charge on any atom is 0.279 e. The Labute approximate surface area is 158 Å². The highest BCUT2D eigenvalue weighted by atomic mass is 32.2. The van der Waals surface area contributed by atoms with Crippen LogP contribution in [0.4, 0.5) is 17.6 Å². The molecule has 4 rings (SSSR count). The molecule has 0 radical (unpaired) electrons. The lowest BCUT2D eigenvalue weighted by Gasteiger charge is -2.38. The number of aryl methyl sites for hydroxylation is 1. The van der Waals surface area contributed by atoms with E-state index < -0.39 is 40.1 Å². The highest BCUT2D eigenvalue weighted by molar-refractivity contribution is 7.91. The first-order chi connectivity index (χ1) is 13.1. The zero-order valence-electron chi connectivity index (χ0n) is 14.7. The van der Waals surface area contributed by atoms with Crippen molar-refractivity contribution in [3.05, 3.63) is 53.8 Å². The molecule has 1 saturated carbocycles. The van der Waals surface area contributed by atoms with Crippen molar-refractivity contribution >= 4 is 20.7 Å². The van der Waals surface area contributed by atoms with Gasteiger partial charge in [0.05, 0.1) is 10.4 Å². The summed E-state index contributed by atoms with van der Waals surface area (Å²) in [6.07, 6.45) is -2.89. The van der Waals surface area contributed by atoms with Gasteiger partial charge in [-0.2, -0.15) is 5.10 Å². The average molecular weight is 412 g/mol. The Morgan fingerprint density at radius 1 is 1.18 bits per heavy atom. The molecule has 0 aliphatic heterocycles. The maximum atomic E-state index is 13.7. The van der Waals surface area contributed by atoms with E-state index in [2.05, 4.69) is 5.10 Å². The summed E-state index contributed by atoms with van der Waals surface area (Å²) in [7, 11) is -4.08. The molecule has 28 heavy (non-hydrogen) atoms. The van der Waals surface area contributed by atoms with Crippen molar-refractivity contribution in [3.8, 4) is 0 Å². The molecule has 0 bridgehead atoms. The lowest BCUT2D eigenvalue weighted by atomic mass is 9.79. The molecule has 1 aromatic heterocycles. The van der Waals surface area contributed by atoms with E-state index in [1.54, 1.807) is 25.1 Å². The fourth-order valence-corrected chi connectivity index (χ4v) is 4.95. The summed E-state index contributed by atoms with van der Waals surface area (Å²) in [5, 5.41) is 4.19. The van der Waals surface area contributed by atoms with E-state index in [1.165, 1.54) is 4.68 Å². The third kappa shape index (κ3) is 2.88. The van der Waals surface area contributed by atoms with Gasteiger partial charge in [0, 0.05) is 24.3 Å².